The molecule has 4 rings (SSSR count). The van der Waals surface area contributed by atoms with Crippen molar-refractivity contribution in [1.82, 2.24) is 9.80 Å². The average Bonchev–Trinajstić information content (AvgIpc) is 3.56. The molecule has 1 unspecified atom stereocenters. The summed E-state index contributed by atoms with van der Waals surface area (Å²) in [6.45, 7) is 2.71. The predicted molar refractivity (Wildman–Crippen MR) is 112 cm³/mol. The molecule has 1 atom stereocenters. The monoisotopic (exact) mass is 433 g/mol. The Morgan fingerprint density at radius 3 is 2.37 bits per heavy atom. The third kappa shape index (κ3) is 4.05. The molecule has 1 aliphatic carbocycles. The zero-order valence-corrected chi connectivity index (χ0v) is 17.5. The van der Waals surface area contributed by atoms with E-state index in [-0.39, 0.29) is 17.3 Å². The number of benzene rings is 2. The second kappa shape index (κ2) is 8.33. The van der Waals surface area contributed by atoms with Gasteiger partial charge in [-0.1, -0.05) is 12.1 Å². The summed E-state index contributed by atoms with van der Waals surface area (Å²) in [5, 5.41) is 0. The number of anilines is 1. The molecular formula is C21H24FN3O4S. The van der Waals surface area contributed by atoms with Gasteiger partial charge in [-0.25, -0.2) is 8.60 Å². The third-order valence-corrected chi connectivity index (χ3v) is 6.32. The largest absolute Gasteiger partial charge is 0.495 e. The number of piperazine rings is 1. The normalized spacial score (nSPS) is 19.2. The van der Waals surface area contributed by atoms with E-state index in [0.717, 1.165) is 31.5 Å². The van der Waals surface area contributed by atoms with Gasteiger partial charge in [-0.05, 0) is 48.7 Å². The van der Waals surface area contributed by atoms with Crippen molar-refractivity contribution in [2.45, 2.75) is 18.4 Å². The second-order valence-electron chi connectivity index (χ2n) is 7.58. The van der Waals surface area contributed by atoms with Gasteiger partial charge < -0.3 is 9.64 Å². The smallest absolute Gasteiger partial charge is 0.259 e. The van der Waals surface area contributed by atoms with E-state index >= 15 is 0 Å². The van der Waals surface area contributed by atoms with Crippen molar-refractivity contribution in [2.75, 3.05) is 38.0 Å². The summed E-state index contributed by atoms with van der Waals surface area (Å²) in [7, 11) is 1.44. The molecule has 1 aliphatic heterocycles. The van der Waals surface area contributed by atoms with Crippen LogP contribution in [0.5, 0.6) is 5.75 Å². The van der Waals surface area contributed by atoms with Gasteiger partial charge in [0.15, 0.2) is 0 Å². The van der Waals surface area contributed by atoms with Crippen molar-refractivity contribution in [2.24, 2.45) is 0 Å². The fourth-order valence-electron chi connectivity index (χ4n) is 4.19. The number of carbonyl (C=O) groups is 1. The molecule has 1 amide bonds. The van der Waals surface area contributed by atoms with Crippen LogP contribution in [-0.4, -0.2) is 57.8 Å². The van der Waals surface area contributed by atoms with E-state index in [4.69, 9.17) is 9.29 Å². The van der Waals surface area contributed by atoms with E-state index in [1.54, 1.807) is 18.2 Å². The topological polar surface area (TPSA) is 82.1 Å². The number of carbonyl (C=O) groups excluding carboxylic acids is 1. The van der Waals surface area contributed by atoms with Gasteiger partial charge in [-0.2, -0.15) is 0 Å². The fourth-order valence-corrected chi connectivity index (χ4v) is 4.55. The second-order valence-corrected chi connectivity index (χ2v) is 8.29. The summed E-state index contributed by atoms with van der Waals surface area (Å²) in [4.78, 5) is 17.2. The minimum absolute atomic E-state index is 0.0285. The maximum Gasteiger partial charge on any atom is 0.259 e. The Morgan fingerprint density at radius 1 is 1.13 bits per heavy atom. The van der Waals surface area contributed by atoms with Gasteiger partial charge in [0.2, 0.25) is 0 Å². The van der Waals surface area contributed by atoms with Crippen LogP contribution in [-0.2, 0) is 16.8 Å². The van der Waals surface area contributed by atoms with Crippen LogP contribution in [0.3, 0.4) is 0 Å². The van der Waals surface area contributed by atoms with Crippen molar-refractivity contribution < 1.29 is 22.7 Å². The minimum atomic E-state index is -2.23. The summed E-state index contributed by atoms with van der Waals surface area (Å²) in [6.07, 6.45) is 2.09. The summed E-state index contributed by atoms with van der Waals surface area (Å²) in [5.74, 6) is -0.00165. The number of methoxy groups -OCH3 is 1. The molecule has 2 fully saturated rings. The molecule has 2 aliphatic rings. The molecular weight excluding hydrogens is 409 g/mol. The number of hydrogen-bond donors (Lipinski definition) is 2. The van der Waals surface area contributed by atoms with Crippen LogP contribution in [0.1, 0.15) is 28.8 Å². The predicted octanol–water partition coefficient (Wildman–Crippen LogP) is 2.83. The van der Waals surface area contributed by atoms with Gasteiger partial charge in [0.1, 0.15) is 11.6 Å². The molecule has 2 N–H and O–H groups in total. The quantitative estimate of drug-likeness (QED) is 0.685. The number of nitrogens with zero attached hydrogens (tertiary/aromatic N) is 2. The highest BCUT2D eigenvalue weighted by Gasteiger charge is 2.50. The van der Waals surface area contributed by atoms with Crippen molar-refractivity contribution in [3.63, 3.8) is 0 Å². The summed E-state index contributed by atoms with van der Waals surface area (Å²) in [5.41, 5.74) is 1.92. The molecule has 0 bridgehead atoms. The Bertz CT molecular complexity index is 957. The van der Waals surface area contributed by atoms with E-state index in [9.17, 15) is 13.4 Å². The molecule has 9 heteroatoms. The molecule has 0 spiro atoms. The van der Waals surface area contributed by atoms with Crippen LogP contribution in [0.15, 0.2) is 42.5 Å². The number of ether oxygens (including phenoxy) is 1. The maximum absolute atomic E-state index is 13.3. The number of hydrogen-bond acceptors (Lipinski definition) is 4. The zero-order chi connectivity index (χ0) is 21.3. The highest BCUT2D eigenvalue weighted by atomic mass is 32.2. The van der Waals surface area contributed by atoms with Crippen LogP contribution in [0.4, 0.5) is 10.1 Å². The molecule has 2 aromatic carbocycles. The lowest BCUT2D eigenvalue weighted by molar-refractivity contribution is 0.0531. The molecule has 1 saturated heterocycles. The lowest BCUT2D eigenvalue weighted by Crippen LogP contribution is -2.52. The van der Waals surface area contributed by atoms with E-state index in [1.165, 1.54) is 19.2 Å². The Morgan fingerprint density at radius 2 is 1.80 bits per heavy atom. The first kappa shape index (κ1) is 20.8. The van der Waals surface area contributed by atoms with Crippen molar-refractivity contribution in [1.29, 1.82) is 0 Å². The average molecular weight is 434 g/mol. The number of rotatable bonds is 6. The lowest BCUT2D eigenvalue weighted by atomic mass is 10.0. The zero-order valence-electron chi connectivity index (χ0n) is 16.6. The van der Waals surface area contributed by atoms with Crippen LogP contribution in [0, 0.1) is 5.82 Å². The molecule has 30 heavy (non-hydrogen) atoms. The Labute approximate surface area is 177 Å². The summed E-state index contributed by atoms with van der Waals surface area (Å²) >= 11 is -2.23. The van der Waals surface area contributed by atoms with Crippen LogP contribution in [0.2, 0.25) is 0 Å². The van der Waals surface area contributed by atoms with Gasteiger partial charge in [-0.15, -0.1) is 0 Å². The molecule has 0 radical (unpaired) electrons. The first-order chi connectivity index (χ1) is 14.4. The molecule has 1 heterocycles. The Kier molecular flexibility index (Phi) is 5.77. The van der Waals surface area contributed by atoms with E-state index < -0.39 is 11.3 Å². The molecule has 0 aromatic heterocycles. The van der Waals surface area contributed by atoms with Crippen molar-refractivity contribution >= 4 is 22.9 Å². The third-order valence-electron chi connectivity index (χ3n) is 5.92. The van der Waals surface area contributed by atoms with Crippen molar-refractivity contribution in [3.8, 4) is 5.75 Å². The van der Waals surface area contributed by atoms with Crippen LogP contribution < -0.4 is 9.46 Å². The summed E-state index contributed by atoms with van der Waals surface area (Å²) in [6, 6.07) is 11.5. The van der Waals surface area contributed by atoms with Gasteiger partial charge in [-0.3, -0.25) is 19.0 Å². The van der Waals surface area contributed by atoms with E-state index in [2.05, 4.69) is 9.62 Å². The van der Waals surface area contributed by atoms with Crippen molar-refractivity contribution in [3.05, 3.63) is 59.4 Å². The maximum atomic E-state index is 13.3. The van der Waals surface area contributed by atoms with Gasteiger partial charge in [0.05, 0.1) is 12.8 Å². The van der Waals surface area contributed by atoms with Gasteiger partial charge in [0.25, 0.3) is 17.2 Å². The molecule has 2 aromatic rings. The lowest BCUT2D eigenvalue weighted by Gasteiger charge is -2.40. The SMILES string of the molecule is COc1cc(C(=O)N2CCN(C3(c4ccc(F)cc4)CC3)CC2)ccc1NS(=O)O. The van der Waals surface area contributed by atoms with Crippen LogP contribution in [0.25, 0.3) is 0 Å². The summed E-state index contributed by atoms with van der Waals surface area (Å²) < 4.78 is 40.9. The first-order valence-corrected chi connectivity index (χ1v) is 10.9. The number of amides is 1. The molecule has 160 valence electrons. The standard InChI is InChI=1S/C21H24FN3O4S/c1-29-19-14-15(2-7-18(19)23-30(27)28)20(26)24-10-12-25(13-11-24)21(8-9-21)16-3-5-17(22)6-4-16/h2-7,14,23H,8-13H2,1H3,(H,27,28). The Balaban J connectivity index is 1.42. The fraction of sp³-hybridized carbons (Fsp3) is 0.381. The van der Waals surface area contributed by atoms with Gasteiger partial charge in [0, 0.05) is 37.3 Å². The van der Waals surface area contributed by atoms with E-state index in [0.29, 0.717) is 30.1 Å². The highest BCUT2D eigenvalue weighted by Crippen LogP contribution is 2.51. The Hall–Kier alpha value is -2.49. The molecule has 7 nitrogen and oxygen atoms in total. The molecule has 1 saturated carbocycles. The van der Waals surface area contributed by atoms with E-state index in [1.807, 2.05) is 17.0 Å². The van der Waals surface area contributed by atoms with Gasteiger partial charge >= 0.3 is 0 Å². The van der Waals surface area contributed by atoms with Crippen LogP contribution >= 0.6 is 0 Å². The minimum Gasteiger partial charge on any atom is -0.495 e. The number of nitrogens with one attached hydrogen (secondary N) is 1. The highest BCUT2D eigenvalue weighted by molar-refractivity contribution is 7.80. The number of halogens is 1. The first-order valence-electron chi connectivity index (χ1n) is 9.79.